The Hall–Kier alpha value is -1.09. The Balaban J connectivity index is 2.77. The Morgan fingerprint density at radius 3 is 2.67 bits per heavy atom. The molecule has 1 rings (SSSR count). The average molecular weight is 181 g/mol. The number of anilines is 1. The second-order valence-electron chi connectivity index (χ2n) is 2.57. The SMILES string of the molecule is CN(C)c1ccc(/C=C/C=O)s1. The van der Waals surface area contributed by atoms with E-state index in [4.69, 9.17) is 0 Å². The van der Waals surface area contributed by atoms with Crippen molar-refractivity contribution in [3.63, 3.8) is 0 Å². The first kappa shape index (κ1) is 9.00. The molecule has 0 aliphatic carbocycles. The molecule has 0 fully saturated rings. The first-order valence-corrected chi connectivity index (χ1v) is 4.44. The fourth-order valence-electron chi connectivity index (χ4n) is 0.806. The van der Waals surface area contributed by atoms with Gasteiger partial charge >= 0.3 is 0 Å². The monoisotopic (exact) mass is 181 g/mol. The summed E-state index contributed by atoms with van der Waals surface area (Å²) in [5.74, 6) is 0. The minimum absolute atomic E-state index is 0.787. The lowest BCUT2D eigenvalue weighted by atomic mass is 10.4. The molecule has 1 aromatic rings. The van der Waals surface area contributed by atoms with Gasteiger partial charge in [0.1, 0.15) is 6.29 Å². The summed E-state index contributed by atoms with van der Waals surface area (Å²) in [6.07, 6.45) is 4.10. The van der Waals surface area contributed by atoms with E-state index in [0.29, 0.717) is 0 Å². The van der Waals surface area contributed by atoms with Gasteiger partial charge in [0.25, 0.3) is 0 Å². The lowest BCUT2D eigenvalue weighted by Gasteiger charge is -2.06. The summed E-state index contributed by atoms with van der Waals surface area (Å²) in [7, 11) is 4.00. The van der Waals surface area contributed by atoms with E-state index in [-0.39, 0.29) is 0 Å². The third kappa shape index (κ3) is 2.20. The highest BCUT2D eigenvalue weighted by molar-refractivity contribution is 7.16. The maximum Gasteiger partial charge on any atom is 0.142 e. The Morgan fingerprint density at radius 1 is 1.42 bits per heavy atom. The molecular formula is C9H11NOS. The van der Waals surface area contributed by atoms with Crippen LogP contribution in [0.15, 0.2) is 18.2 Å². The number of aldehydes is 1. The predicted octanol–water partition coefficient (Wildman–Crippen LogP) is 2.03. The van der Waals surface area contributed by atoms with Crippen LogP contribution in [0.1, 0.15) is 4.88 Å². The lowest BCUT2D eigenvalue weighted by Crippen LogP contribution is -2.05. The lowest BCUT2D eigenvalue weighted by molar-refractivity contribution is -0.104. The largest absolute Gasteiger partial charge is 0.370 e. The summed E-state index contributed by atoms with van der Waals surface area (Å²) < 4.78 is 0. The van der Waals surface area contributed by atoms with E-state index in [2.05, 4.69) is 0 Å². The van der Waals surface area contributed by atoms with E-state index in [0.717, 1.165) is 11.2 Å². The number of nitrogens with zero attached hydrogens (tertiary/aromatic N) is 1. The molecule has 2 nitrogen and oxygen atoms in total. The van der Waals surface area contributed by atoms with E-state index in [1.54, 1.807) is 11.3 Å². The maximum atomic E-state index is 10.0. The molecule has 0 bridgehead atoms. The van der Waals surface area contributed by atoms with Gasteiger partial charge in [-0.2, -0.15) is 0 Å². The Bertz CT molecular complexity index is 288. The van der Waals surface area contributed by atoms with Crippen LogP contribution in [0, 0.1) is 0 Å². The smallest absolute Gasteiger partial charge is 0.142 e. The van der Waals surface area contributed by atoms with Gasteiger partial charge in [0, 0.05) is 19.0 Å². The van der Waals surface area contributed by atoms with Crippen molar-refractivity contribution in [2.45, 2.75) is 0 Å². The molecular weight excluding hydrogens is 170 g/mol. The zero-order valence-electron chi connectivity index (χ0n) is 7.15. The van der Waals surface area contributed by atoms with Crippen molar-refractivity contribution < 1.29 is 4.79 Å². The van der Waals surface area contributed by atoms with Crippen LogP contribution in [0.5, 0.6) is 0 Å². The van der Waals surface area contributed by atoms with Crippen molar-refractivity contribution in [2.24, 2.45) is 0 Å². The first-order chi connectivity index (χ1) is 5.74. The number of carbonyl (C=O) groups is 1. The Kier molecular flexibility index (Phi) is 3.05. The van der Waals surface area contributed by atoms with Gasteiger partial charge in [-0.3, -0.25) is 4.79 Å². The third-order valence-electron chi connectivity index (χ3n) is 1.39. The molecule has 0 radical (unpaired) electrons. The van der Waals surface area contributed by atoms with Crippen LogP contribution in [0.4, 0.5) is 5.00 Å². The third-order valence-corrected chi connectivity index (χ3v) is 2.61. The van der Waals surface area contributed by atoms with Gasteiger partial charge in [0.15, 0.2) is 0 Å². The van der Waals surface area contributed by atoms with Crippen molar-refractivity contribution in [1.29, 1.82) is 0 Å². The summed E-state index contributed by atoms with van der Waals surface area (Å²) in [6.45, 7) is 0. The molecule has 0 saturated carbocycles. The summed E-state index contributed by atoms with van der Waals surface area (Å²) in [5, 5.41) is 1.19. The van der Waals surface area contributed by atoms with Crippen molar-refractivity contribution in [3.05, 3.63) is 23.1 Å². The minimum Gasteiger partial charge on any atom is -0.370 e. The highest BCUT2D eigenvalue weighted by Gasteiger charge is 1.97. The standard InChI is InChI=1S/C9H11NOS/c1-10(2)9-6-5-8(12-9)4-3-7-11/h3-7H,1-2H3/b4-3+. The molecule has 0 N–H and O–H groups in total. The van der Waals surface area contributed by atoms with Gasteiger partial charge in [0.2, 0.25) is 0 Å². The van der Waals surface area contributed by atoms with Gasteiger partial charge in [-0.15, -0.1) is 11.3 Å². The number of hydrogen-bond donors (Lipinski definition) is 0. The normalized spacial score (nSPS) is 10.5. The number of rotatable bonds is 3. The number of hydrogen-bond acceptors (Lipinski definition) is 3. The topological polar surface area (TPSA) is 20.3 Å². The van der Waals surface area contributed by atoms with Crippen LogP contribution in [-0.4, -0.2) is 20.4 Å². The Labute approximate surface area is 76.1 Å². The van der Waals surface area contributed by atoms with Gasteiger partial charge in [-0.25, -0.2) is 0 Å². The van der Waals surface area contributed by atoms with Crippen LogP contribution in [0.3, 0.4) is 0 Å². The molecule has 0 saturated heterocycles. The summed E-state index contributed by atoms with van der Waals surface area (Å²) in [6, 6.07) is 4.04. The van der Waals surface area contributed by atoms with Crippen molar-refractivity contribution >= 4 is 28.7 Å². The predicted molar refractivity (Wildman–Crippen MR) is 53.7 cm³/mol. The molecule has 0 unspecified atom stereocenters. The van der Waals surface area contributed by atoms with Gasteiger partial charge < -0.3 is 4.90 Å². The van der Waals surface area contributed by atoms with Gasteiger partial charge in [0.05, 0.1) is 5.00 Å². The maximum absolute atomic E-state index is 10.0. The molecule has 0 spiro atoms. The highest BCUT2D eigenvalue weighted by atomic mass is 32.1. The molecule has 0 aliphatic heterocycles. The van der Waals surface area contributed by atoms with Crippen LogP contribution >= 0.6 is 11.3 Å². The summed E-state index contributed by atoms with van der Waals surface area (Å²) in [5.41, 5.74) is 0. The second kappa shape index (κ2) is 4.07. The second-order valence-corrected chi connectivity index (χ2v) is 3.66. The van der Waals surface area contributed by atoms with Crippen LogP contribution in [-0.2, 0) is 4.79 Å². The highest BCUT2D eigenvalue weighted by Crippen LogP contribution is 2.24. The number of carbonyl (C=O) groups excluding carboxylic acids is 1. The quantitative estimate of drug-likeness (QED) is 0.525. The summed E-state index contributed by atoms with van der Waals surface area (Å²) in [4.78, 5) is 13.2. The molecule has 1 heterocycles. The molecule has 64 valence electrons. The molecule has 3 heteroatoms. The molecule has 0 atom stereocenters. The molecule has 0 aromatic carbocycles. The van der Waals surface area contributed by atoms with Crippen LogP contribution in [0.25, 0.3) is 6.08 Å². The first-order valence-electron chi connectivity index (χ1n) is 3.63. The van der Waals surface area contributed by atoms with Gasteiger partial charge in [-0.1, -0.05) is 0 Å². The fraction of sp³-hybridized carbons (Fsp3) is 0.222. The average Bonchev–Trinajstić information content (AvgIpc) is 2.48. The molecule has 0 aliphatic rings. The number of thiophene rings is 1. The van der Waals surface area contributed by atoms with Crippen molar-refractivity contribution in [3.8, 4) is 0 Å². The van der Waals surface area contributed by atoms with Crippen LogP contribution in [0.2, 0.25) is 0 Å². The molecule has 0 amide bonds. The van der Waals surface area contributed by atoms with E-state index in [1.807, 2.05) is 37.2 Å². The zero-order valence-corrected chi connectivity index (χ0v) is 7.97. The van der Waals surface area contributed by atoms with E-state index in [9.17, 15) is 4.79 Å². The van der Waals surface area contributed by atoms with E-state index < -0.39 is 0 Å². The number of allylic oxidation sites excluding steroid dienone is 1. The van der Waals surface area contributed by atoms with Crippen molar-refractivity contribution in [1.82, 2.24) is 0 Å². The van der Waals surface area contributed by atoms with E-state index in [1.165, 1.54) is 11.1 Å². The fourth-order valence-corrected chi connectivity index (χ4v) is 1.65. The Morgan fingerprint density at radius 2 is 2.17 bits per heavy atom. The van der Waals surface area contributed by atoms with Gasteiger partial charge in [-0.05, 0) is 24.3 Å². The molecule has 12 heavy (non-hydrogen) atoms. The zero-order chi connectivity index (χ0) is 8.97. The minimum atomic E-state index is 0.787. The summed E-state index contributed by atoms with van der Waals surface area (Å²) >= 11 is 1.66. The molecule has 1 aromatic heterocycles. The van der Waals surface area contributed by atoms with Crippen molar-refractivity contribution in [2.75, 3.05) is 19.0 Å². The van der Waals surface area contributed by atoms with Crippen LogP contribution < -0.4 is 4.90 Å². The van der Waals surface area contributed by atoms with E-state index >= 15 is 0 Å².